The minimum absolute atomic E-state index is 0.148. The Morgan fingerprint density at radius 2 is 2.25 bits per heavy atom. The Labute approximate surface area is 92.7 Å². The molecule has 2 rings (SSSR count). The zero-order valence-electron chi connectivity index (χ0n) is 9.04. The molecule has 0 spiro atoms. The van der Waals surface area contributed by atoms with Gasteiger partial charge in [0.15, 0.2) is 11.4 Å². The Morgan fingerprint density at radius 1 is 1.44 bits per heavy atom. The number of nitrogens with zero attached hydrogens (tertiary/aromatic N) is 3. The second-order valence-corrected chi connectivity index (χ2v) is 3.26. The fourth-order valence-corrected chi connectivity index (χ4v) is 1.46. The summed E-state index contributed by atoms with van der Waals surface area (Å²) in [5.74, 6) is 0.321. The number of ether oxygens (including phenoxy) is 1. The third-order valence-electron chi connectivity index (χ3n) is 2.26. The average molecular weight is 217 g/mol. The topological polar surface area (TPSA) is 57.0 Å². The van der Waals surface area contributed by atoms with Gasteiger partial charge in [-0.25, -0.2) is 0 Å². The molecule has 2 aromatic heterocycles. The number of rotatable bonds is 3. The molecule has 0 fully saturated rings. The van der Waals surface area contributed by atoms with E-state index < -0.39 is 0 Å². The van der Waals surface area contributed by atoms with Crippen molar-refractivity contribution in [1.29, 1.82) is 0 Å². The predicted octanol–water partition coefficient (Wildman–Crippen LogP) is 1.05. The molecule has 2 heterocycles. The summed E-state index contributed by atoms with van der Waals surface area (Å²) in [6.45, 7) is 0. The Bertz CT molecular complexity index is 505. The first kappa shape index (κ1) is 10.4. The maximum absolute atomic E-state index is 12.1. The smallest absolute Gasteiger partial charge is 0.216 e. The van der Waals surface area contributed by atoms with Crippen molar-refractivity contribution in [2.75, 3.05) is 7.11 Å². The lowest BCUT2D eigenvalue weighted by Crippen LogP contribution is -2.09. The summed E-state index contributed by atoms with van der Waals surface area (Å²) in [6, 6.07) is 3.43. The number of aromatic nitrogens is 3. The van der Waals surface area contributed by atoms with Gasteiger partial charge in [0.25, 0.3) is 0 Å². The van der Waals surface area contributed by atoms with Gasteiger partial charge >= 0.3 is 0 Å². The van der Waals surface area contributed by atoms with E-state index in [1.165, 1.54) is 24.2 Å². The minimum atomic E-state index is -0.148. The van der Waals surface area contributed by atoms with Crippen LogP contribution in [0.5, 0.6) is 5.75 Å². The molecule has 0 unspecified atom stereocenters. The predicted molar refractivity (Wildman–Crippen MR) is 57.4 cm³/mol. The second kappa shape index (κ2) is 4.14. The van der Waals surface area contributed by atoms with Gasteiger partial charge in [0.05, 0.1) is 13.3 Å². The van der Waals surface area contributed by atoms with E-state index in [4.69, 9.17) is 4.74 Å². The summed E-state index contributed by atoms with van der Waals surface area (Å²) in [7, 11) is 3.21. The van der Waals surface area contributed by atoms with Gasteiger partial charge in [0.2, 0.25) is 5.78 Å². The molecule has 0 aromatic carbocycles. The van der Waals surface area contributed by atoms with Crippen LogP contribution in [0.3, 0.4) is 0 Å². The van der Waals surface area contributed by atoms with Gasteiger partial charge in [-0.1, -0.05) is 0 Å². The lowest BCUT2D eigenvalue weighted by molar-refractivity contribution is 0.102. The van der Waals surface area contributed by atoms with Crippen LogP contribution in [0.1, 0.15) is 16.1 Å². The highest BCUT2D eigenvalue weighted by molar-refractivity contribution is 6.09. The van der Waals surface area contributed by atoms with Crippen LogP contribution in [-0.2, 0) is 7.05 Å². The first-order valence-corrected chi connectivity index (χ1v) is 4.74. The molecule has 2 aromatic rings. The van der Waals surface area contributed by atoms with Crippen molar-refractivity contribution in [3.05, 3.63) is 42.0 Å². The second-order valence-electron chi connectivity index (χ2n) is 3.26. The SMILES string of the molecule is COc1cnn(C)c1C(=O)c1cccnc1. The molecule has 82 valence electrons. The summed E-state index contributed by atoms with van der Waals surface area (Å²) in [5, 5.41) is 3.98. The van der Waals surface area contributed by atoms with E-state index in [1.807, 2.05) is 0 Å². The Kier molecular flexibility index (Phi) is 2.68. The highest BCUT2D eigenvalue weighted by Gasteiger charge is 2.19. The largest absolute Gasteiger partial charge is 0.493 e. The summed E-state index contributed by atoms with van der Waals surface area (Å²) >= 11 is 0. The van der Waals surface area contributed by atoms with Gasteiger partial charge in [0.1, 0.15) is 0 Å². The lowest BCUT2D eigenvalue weighted by atomic mass is 10.1. The number of hydrogen-bond acceptors (Lipinski definition) is 4. The molecule has 0 aliphatic heterocycles. The first-order valence-electron chi connectivity index (χ1n) is 4.74. The van der Waals surface area contributed by atoms with Crippen LogP contribution in [0, 0.1) is 0 Å². The minimum Gasteiger partial charge on any atom is -0.493 e. The molecule has 5 heteroatoms. The van der Waals surface area contributed by atoms with E-state index in [9.17, 15) is 4.79 Å². The van der Waals surface area contributed by atoms with E-state index in [2.05, 4.69) is 10.1 Å². The molecular formula is C11H11N3O2. The number of carbonyl (C=O) groups is 1. The number of pyridine rings is 1. The maximum Gasteiger partial charge on any atom is 0.216 e. The third-order valence-corrected chi connectivity index (χ3v) is 2.26. The summed E-state index contributed by atoms with van der Waals surface area (Å²) in [5.41, 5.74) is 0.944. The first-order chi connectivity index (χ1) is 7.74. The Morgan fingerprint density at radius 3 is 2.88 bits per heavy atom. The van der Waals surface area contributed by atoms with Crippen molar-refractivity contribution in [3.8, 4) is 5.75 Å². The molecule has 0 aliphatic rings. The van der Waals surface area contributed by atoms with Crippen LogP contribution in [-0.4, -0.2) is 27.7 Å². The van der Waals surface area contributed by atoms with Crippen LogP contribution in [0.4, 0.5) is 0 Å². The fourth-order valence-electron chi connectivity index (χ4n) is 1.46. The highest BCUT2D eigenvalue weighted by atomic mass is 16.5. The molecule has 16 heavy (non-hydrogen) atoms. The van der Waals surface area contributed by atoms with E-state index >= 15 is 0 Å². The van der Waals surface area contributed by atoms with Crippen molar-refractivity contribution in [2.45, 2.75) is 0 Å². The number of hydrogen-bond donors (Lipinski definition) is 0. The summed E-state index contributed by atoms with van der Waals surface area (Å²) in [4.78, 5) is 16.0. The van der Waals surface area contributed by atoms with Gasteiger partial charge in [-0.15, -0.1) is 0 Å². The number of methoxy groups -OCH3 is 1. The van der Waals surface area contributed by atoms with E-state index in [0.717, 1.165) is 0 Å². The molecule has 0 radical (unpaired) electrons. The molecule has 0 atom stereocenters. The monoisotopic (exact) mass is 217 g/mol. The van der Waals surface area contributed by atoms with Crippen LogP contribution in [0.25, 0.3) is 0 Å². The van der Waals surface area contributed by atoms with Crippen LogP contribution in [0.15, 0.2) is 30.7 Å². The summed E-state index contributed by atoms with van der Waals surface area (Å²) in [6.07, 6.45) is 4.66. The molecule has 0 bridgehead atoms. The van der Waals surface area contributed by atoms with E-state index in [-0.39, 0.29) is 5.78 Å². The van der Waals surface area contributed by atoms with Gasteiger partial charge < -0.3 is 4.74 Å². The zero-order chi connectivity index (χ0) is 11.5. The quantitative estimate of drug-likeness (QED) is 0.721. The van der Waals surface area contributed by atoms with Gasteiger partial charge in [-0.05, 0) is 12.1 Å². The highest BCUT2D eigenvalue weighted by Crippen LogP contribution is 2.19. The molecule has 0 amide bonds. The number of aryl methyl sites for hydroxylation is 1. The maximum atomic E-state index is 12.1. The van der Waals surface area contributed by atoms with Crippen LogP contribution >= 0.6 is 0 Å². The van der Waals surface area contributed by atoms with Crippen molar-refractivity contribution in [1.82, 2.24) is 14.8 Å². The molecular weight excluding hydrogens is 206 g/mol. The van der Waals surface area contributed by atoms with Gasteiger partial charge in [-0.3, -0.25) is 14.5 Å². The summed E-state index contributed by atoms with van der Waals surface area (Å²) < 4.78 is 6.58. The number of carbonyl (C=O) groups excluding carboxylic acids is 1. The van der Waals surface area contributed by atoms with Crippen molar-refractivity contribution >= 4 is 5.78 Å². The number of ketones is 1. The van der Waals surface area contributed by atoms with Crippen molar-refractivity contribution < 1.29 is 9.53 Å². The van der Waals surface area contributed by atoms with Gasteiger partial charge in [-0.2, -0.15) is 5.10 Å². The average Bonchev–Trinajstić information content (AvgIpc) is 2.70. The Balaban J connectivity index is 2.45. The van der Waals surface area contributed by atoms with Crippen LogP contribution in [0.2, 0.25) is 0 Å². The zero-order valence-corrected chi connectivity index (χ0v) is 9.04. The van der Waals surface area contributed by atoms with E-state index in [0.29, 0.717) is 17.0 Å². The van der Waals surface area contributed by atoms with Crippen molar-refractivity contribution in [3.63, 3.8) is 0 Å². The van der Waals surface area contributed by atoms with Gasteiger partial charge in [0, 0.05) is 25.0 Å². The van der Waals surface area contributed by atoms with Crippen LogP contribution < -0.4 is 4.74 Å². The van der Waals surface area contributed by atoms with Crippen molar-refractivity contribution in [2.24, 2.45) is 7.05 Å². The molecule has 0 saturated heterocycles. The normalized spacial score (nSPS) is 10.1. The third kappa shape index (κ3) is 1.67. The molecule has 0 N–H and O–H groups in total. The molecule has 5 nitrogen and oxygen atoms in total. The van der Waals surface area contributed by atoms with E-state index in [1.54, 1.807) is 25.4 Å². The standard InChI is InChI=1S/C11H11N3O2/c1-14-10(9(16-2)7-13-14)11(15)8-4-3-5-12-6-8/h3-7H,1-2H3. The molecule has 0 saturated carbocycles. The lowest BCUT2D eigenvalue weighted by Gasteiger charge is -2.03. The Hall–Kier alpha value is -2.17. The fraction of sp³-hybridized carbons (Fsp3) is 0.182. The molecule has 0 aliphatic carbocycles.